The van der Waals surface area contributed by atoms with E-state index in [1.807, 2.05) is 0 Å². The van der Waals surface area contributed by atoms with Crippen molar-refractivity contribution in [2.24, 2.45) is 5.92 Å². The molecule has 0 aliphatic rings. The average molecular weight is 231 g/mol. The maximum Gasteiger partial charge on any atom is -0.00156 e. The largest absolute Gasteiger partial charge is 0.319 e. The highest BCUT2D eigenvalue weighted by atomic mass is 32.2. The van der Waals surface area contributed by atoms with Gasteiger partial charge in [-0.2, -0.15) is 11.8 Å². The molecule has 0 aliphatic carbocycles. The van der Waals surface area contributed by atoms with Crippen molar-refractivity contribution in [3.63, 3.8) is 0 Å². The predicted molar refractivity (Wildman–Crippen MR) is 73.8 cm³/mol. The van der Waals surface area contributed by atoms with Crippen LogP contribution in [-0.4, -0.2) is 25.1 Å². The molecule has 0 amide bonds. The highest BCUT2D eigenvalue weighted by Crippen LogP contribution is 2.16. The number of nitrogens with one attached hydrogen (secondary N) is 1. The molecule has 0 aromatic carbocycles. The Labute approximate surface area is 101 Å². The van der Waals surface area contributed by atoms with E-state index in [2.05, 4.69) is 38.0 Å². The summed E-state index contributed by atoms with van der Waals surface area (Å²) in [6.45, 7) is 5.75. The quantitative estimate of drug-likeness (QED) is 0.541. The van der Waals surface area contributed by atoms with E-state index in [1.165, 1.54) is 56.6 Å². The average Bonchev–Trinajstić information content (AvgIpc) is 2.25. The van der Waals surface area contributed by atoms with Gasteiger partial charge in [-0.3, -0.25) is 0 Å². The maximum atomic E-state index is 3.32. The smallest absolute Gasteiger partial charge is 0.00156 e. The summed E-state index contributed by atoms with van der Waals surface area (Å²) in [5.74, 6) is 3.60. The molecular formula is C13H29NS. The van der Waals surface area contributed by atoms with Crippen LogP contribution in [0.4, 0.5) is 0 Å². The maximum absolute atomic E-state index is 3.32. The predicted octanol–water partition coefficient (Wildman–Crippen LogP) is 3.94. The summed E-state index contributed by atoms with van der Waals surface area (Å²) in [7, 11) is 2.07. The zero-order valence-corrected chi connectivity index (χ0v) is 11.7. The van der Waals surface area contributed by atoms with Crippen LogP contribution in [0.15, 0.2) is 0 Å². The Hall–Kier alpha value is 0.310. The van der Waals surface area contributed by atoms with Gasteiger partial charge in [0.1, 0.15) is 0 Å². The summed E-state index contributed by atoms with van der Waals surface area (Å²) < 4.78 is 0. The van der Waals surface area contributed by atoms with Crippen molar-refractivity contribution in [1.82, 2.24) is 5.32 Å². The summed E-state index contributed by atoms with van der Waals surface area (Å²) >= 11 is 2.15. The van der Waals surface area contributed by atoms with Gasteiger partial charge in [0.15, 0.2) is 0 Å². The summed E-state index contributed by atoms with van der Waals surface area (Å²) in [5.41, 5.74) is 0. The molecule has 92 valence electrons. The standard InChI is InChI=1S/C13H29NS/c1-4-6-8-10-15-12-13(11-14-3)9-7-5-2/h13-14H,4-12H2,1-3H3. The first-order chi connectivity index (χ1) is 7.35. The number of hydrogen-bond acceptors (Lipinski definition) is 2. The second kappa shape index (κ2) is 12.4. The molecule has 2 heteroatoms. The van der Waals surface area contributed by atoms with Gasteiger partial charge in [0.05, 0.1) is 0 Å². The third kappa shape index (κ3) is 10.6. The van der Waals surface area contributed by atoms with Gasteiger partial charge in [-0.1, -0.05) is 39.5 Å². The van der Waals surface area contributed by atoms with Crippen LogP contribution in [0.25, 0.3) is 0 Å². The van der Waals surface area contributed by atoms with Gasteiger partial charge < -0.3 is 5.32 Å². The third-order valence-corrected chi connectivity index (χ3v) is 3.99. The Bertz CT molecular complexity index is 117. The van der Waals surface area contributed by atoms with E-state index in [4.69, 9.17) is 0 Å². The second-order valence-electron chi connectivity index (χ2n) is 4.35. The fourth-order valence-electron chi connectivity index (χ4n) is 1.73. The van der Waals surface area contributed by atoms with E-state index >= 15 is 0 Å². The molecule has 0 aliphatic heterocycles. The number of thioether (sulfide) groups is 1. The van der Waals surface area contributed by atoms with Crippen LogP contribution >= 0.6 is 11.8 Å². The summed E-state index contributed by atoms with van der Waals surface area (Å²) in [4.78, 5) is 0. The number of rotatable bonds is 11. The van der Waals surface area contributed by atoms with Gasteiger partial charge in [0, 0.05) is 0 Å². The van der Waals surface area contributed by atoms with Crippen LogP contribution < -0.4 is 5.32 Å². The van der Waals surface area contributed by atoms with Gasteiger partial charge in [-0.15, -0.1) is 0 Å². The molecule has 0 saturated heterocycles. The zero-order chi connectivity index (χ0) is 11.4. The van der Waals surface area contributed by atoms with Crippen LogP contribution in [0.2, 0.25) is 0 Å². The first-order valence-electron chi connectivity index (χ1n) is 6.57. The molecule has 15 heavy (non-hydrogen) atoms. The lowest BCUT2D eigenvalue weighted by Crippen LogP contribution is -2.20. The van der Waals surface area contributed by atoms with E-state index in [-0.39, 0.29) is 0 Å². The van der Waals surface area contributed by atoms with E-state index in [0.29, 0.717) is 0 Å². The lowest BCUT2D eigenvalue weighted by atomic mass is 10.0. The molecule has 0 heterocycles. The van der Waals surface area contributed by atoms with E-state index < -0.39 is 0 Å². The lowest BCUT2D eigenvalue weighted by molar-refractivity contribution is 0.490. The molecule has 1 atom stereocenters. The summed E-state index contributed by atoms with van der Waals surface area (Å²) in [6, 6.07) is 0. The van der Waals surface area contributed by atoms with Crippen molar-refractivity contribution in [3.8, 4) is 0 Å². The third-order valence-electron chi connectivity index (χ3n) is 2.70. The number of hydrogen-bond donors (Lipinski definition) is 1. The molecule has 0 aromatic rings. The molecule has 1 N–H and O–H groups in total. The first kappa shape index (κ1) is 15.3. The molecule has 0 radical (unpaired) electrons. The van der Waals surface area contributed by atoms with Crippen molar-refractivity contribution in [1.29, 1.82) is 0 Å². The monoisotopic (exact) mass is 231 g/mol. The topological polar surface area (TPSA) is 12.0 Å². The molecule has 0 rings (SSSR count). The van der Waals surface area contributed by atoms with Crippen molar-refractivity contribution in [2.75, 3.05) is 25.1 Å². The fourth-order valence-corrected chi connectivity index (χ4v) is 2.92. The minimum Gasteiger partial charge on any atom is -0.319 e. The van der Waals surface area contributed by atoms with E-state index in [9.17, 15) is 0 Å². The minimum absolute atomic E-state index is 0.890. The van der Waals surface area contributed by atoms with Crippen molar-refractivity contribution in [3.05, 3.63) is 0 Å². The highest BCUT2D eigenvalue weighted by molar-refractivity contribution is 7.99. The van der Waals surface area contributed by atoms with Crippen LogP contribution in [-0.2, 0) is 0 Å². The van der Waals surface area contributed by atoms with E-state index in [0.717, 1.165) is 5.92 Å². The lowest BCUT2D eigenvalue weighted by Gasteiger charge is -2.15. The Kier molecular flexibility index (Phi) is 12.6. The van der Waals surface area contributed by atoms with Gasteiger partial charge in [0.2, 0.25) is 0 Å². The van der Waals surface area contributed by atoms with Crippen LogP contribution in [0, 0.1) is 5.92 Å². The Morgan fingerprint density at radius 2 is 1.80 bits per heavy atom. The van der Waals surface area contributed by atoms with Crippen molar-refractivity contribution < 1.29 is 0 Å². The second-order valence-corrected chi connectivity index (χ2v) is 5.50. The van der Waals surface area contributed by atoms with Crippen LogP contribution in [0.1, 0.15) is 52.4 Å². The van der Waals surface area contributed by atoms with Crippen LogP contribution in [0.5, 0.6) is 0 Å². The Morgan fingerprint density at radius 3 is 2.40 bits per heavy atom. The Balaban J connectivity index is 3.38. The SMILES string of the molecule is CCCCCSCC(CCCC)CNC. The Morgan fingerprint density at radius 1 is 1.07 bits per heavy atom. The normalized spacial score (nSPS) is 13.0. The molecule has 0 fully saturated rings. The van der Waals surface area contributed by atoms with E-state index in [1.54, 1.807) is 0 Å². The van der Waals surface area contributed by atoms with Gasteiger partial charge in [-0.05, 0) is 43.9 Å². The summed E-state index contributed by atoms with van der Waals surface area (Å²) in [5, 5.41) is 3.32. The van der Waals surface area contributed by atoms with Crippen molar-refractivity contribution in [2.45, 2.75) is 52.4 Å². The molecular weight excluding hydrogens is 202 g/mol. The fraction of sp³-hybridized carbons (Fsp3) is 1.00. The molecule has 1 unspecified atom stereocenters. The first-order valence-corrected chi connectivity index (χ1v) is 7.72. The van der Waals surface area contributed by atoms with Gasteiger partial charge in [-0.25, -0.2) is 0 Å². The van der Waals surface area contributed by atoms with Crippen molar-refractivity contribution >= 4 is 11.8 Å². The molecule has 0 spiro atoms. The summed E-state index contributed by atoms with van der Waals surface area (Å²) in [6.07, 6.45) is 8.27. The van der Waals surface area contributed by atoms with Gasteiger partial charge in [0.25, 0.3) is 0 Å². The molecule has 0 saturated carbocycles. The van der Waals surface area contributed by atoms with Crippen LogP contribution in [0.3, 0.4) is 0 Å². The molecule has 1 nitrogen and oxygen atoms in total. The zero-order valence-electron chi connectivity index (χ0n) is 10.8. The van der Waals surface area contributed by atoms with Gasteiger partial charge >= 0.3 is 0 Å². The molecule has 0 bridgehead atoms. The minimum atomic E-state index is 0.890. The highest BCUT2D eigenvalue weighted by Gasteiger charge is 2.06. The molecule has 0 aromatic heterocycles. The number of unbranched alkanes of at least 4 members (excludes halogenated alkanes) is 3.